The predicted octanol–water partition coefficient (Wildman–Crippen LogP) is -5.42. The zero-order valence-corrected chi connectivity index (χ0v) is 8.73. The molecule has 1 rings (SSSR count). The average molecular weight is 166 g/mol. The van der Waals surface area contributed by atoms with Crippen molar-refractivity contribution in [2.24, 2.45) is 7.05 Å². The van der Waals surface area contributed by atoms with E-state index in [-0.39, 0.29) is 57.2 Å². The maximum atomic E-state index is 10.0. The molecule has 0 atom stereocenters. The van der Waals surface area contributed by atoms with E-state index in [1.807, 2.05) is 0 Å². The van der Waals surface area contributed by atoms with Crippen molar-refractivity contribution in [2.45, 2.75) is 0 Å². The second-order valence-corrected chi connectivity index (χ2v) is 1.41. The Kier molecular flexibility index (Phi) is 4.21. The minimum atomic E-state index is -1.37. The van der Waals surface area contributed by atoms with Crippen molar-refractivity contribution in [3.05, 3.63) is 5.82 Å². The van der Waals surface area contributed by atoms with Crippen LogP contribution in [0.15, 0.2) is 0 Å². The molecule has 0 saturated carbocycles. The summed E-state index contributed by atoms with van der Waals surface area (Å²) in [6, 6.07) is 0. The van der Waals surface area contributed by atoms with Crippen LogP contribution in [0, 0.1) is 0 Å². The molecule has 0 saturated heterocycles. The standard InChI is InChI=1S/C3H4N4O2.K/c1-7-2(3(8)9)4-5-6-7;/h1H3,(H,8,9);/q;+1/p-1. The van der Waals surface area contributed by atoms with Crippen LogP contribution in [0.2, 0.25) is 0 Å². The molecule has 1 heterocycles. The number of hydrogen-bond acceptors (Lipinski definition) is 5. The van der Waals surface area contributed by atoms with Gasteiger partial charge < -0.3 is 9.90 Å². The predicted molar refractivity (Wildman–Crippen MR) is 23.1 cm³/mol. The number of nitrogens with zero attached hydrogens (tertiary/aromatic N) is 4. The van der Waals surface area contributed by atoms with E-state index in [1.165, 1.54) is 7.05 Å². The van der Waals surface area contributed by atoms with E-state index in [4.69, 9.17) is 0 Å². The molecule has 0 aliphatic rings. The summed E-state index contributed by atoms with van der Waals surface area (Å²) in [7, 11) is 1.42. The van der Waals surface area contributed by atoms with Crippen LogP contribution in [0.25, 0.3) is 0 Å². The second kappa shape index (κ2) is 4.14. The number of aromatic nitrogens is 4. The summed E-state index contributed by atoms with van der Waals surface area (Å²) in [6.45, 7) is 0. The molecule has 1 aromatic heterocycles. The van der Waals surface area contributed by atoms with Crippen molar-refractivity contribution in [1.82, 2.24) is 20.2 Å². The zero-order valence-electron chi connectivity index (χ0n) is 5.61. The fraction of sp³-hybridized carbons (Fsp3) is 0.333. The van der Waals surface area contributed by atoms with Gasteiger partial charge in [-0.1, -0.05) is 0 Å². The van der Waals surface area contributed by atoms with E-state index >= 15 is 0 Å². The van der Waals surface area contributed by atoms with E-state index in [0.717, 1.165) is 4.68 Å². The van der Waals surface area contributed by atoms with E-state index < -0.39 is 5.97 Å². The Bertz CT molecular complexity index is 234. The van der Waals surface area contributed by atoms with Crippen LogP contribution in [0.3, 0.4) is 0 Å². The fourth-order valence-electron chi connectivity index (χ4n) is 0.402. The van der Waals surface area contributed by atoms with Gasteiger partial charge in [0.15, 0.2) is 5.82 Å². The summed E-state index contributed by atoms with van der Waals surface area (Å²) in [5.74, 6) is -1.64. The smallest absolute Gasteiger partial charge is 0.541 e. The van der Waals surface area contributed by atoms with Crippen LogP contribution in [-0.2, 0) is 7.05 Å². The first-order valence-corrected chi connectivity index (χ1v) is 2.15. The number of aryl methyl sites for hydroxylation is 1. The van der Waals surface area contributed by atoms with Gasteiger partial charge in [-0.3, -0.25) is 0 Å². The first-order valence-electron chi connectivity index (χ1n) is 2.15. The van der Waals surface area contributed by atoms with Gasteiger partial charge >= 0.3 is 51.4 Å². The molecule has 0 N–H and O–H groups in total. The molecular formula is C3H3KN4O2. The van der Waals surface area contributed by atoms with Gasteiger partial charge in [-0.05, 0) is 10.4 Å². The molecule has 0 amide bonds. The molecule has 0 aliphatic heterocycles. The Labute approximate surface area is 99.0 Å². The third kappa shape index (κ3) is 2.10. The number of carbonyl (C=O) groups excluding carboxylic acids is 1. The normalized spacial score (nSPS) is 8.50. The van der Waals surface area contributed by atoms with Gasteiger partial charge in [-0.2, -0.15) is 0 Å². The third-order valence-corrected chi connectivity index (χ3v) is 0.803. The summed E-state index contributed by atoms with van der Waals surface area (Å²) < 4.78 is 1.02. The Morgan fingerprint density at radius 2 is 2.30 bits per heavy atom. The van der Waals surface area contributed by atoms with Crippen molar-refractivity contribution >= 4 is 5.97 Å². The van der Waals surface area contributed by atoms with E-state index in [2.05, 4.69) is 15.5 Å². The second-order valence-electron chi connectivity index (χ2n) is 1.41. The molecule has 48 valence electrons. The monoisotopic (exact) mass is 166 g/mol. The zero-order chi connectivity index (χ0) is 6.85. The number of hydrogen-bond donors (Lipinski definition) is 0. The molecule has 0 spiro atoms. The van der Waals surface area contributed by atoms with Crippen LogP contribution in [0.5, 0.6) is 0 Å². The van der Waals surface area contributed by atoms with Crippen LogP contribution < -0.4 is 56.5 Å². The minimum Gasteiger partial charge on any atom is -0.541 e. The topological polar surface area (TPSA) is 83.7 Å². The summed E-state index contributed by atoms with van der Waals surface area (Å²) in [6.07, 6.45) is 0. The Morgan fingerprint density at radius 1 is 1.70 bits per heavy atom. The van der Waals surface area contributed by atoms with Crippen LogP contribution in [-0.4, -0.2) is 26.2 Å². The molecule has 0 unspecified atom stereocenters. The van der Waals surface area contributed by atoms with Crippen molar-refractivity contribution in [1.29, 1.82) is 0 Å². The molecular weight excluding hydrogens is 163 g/mol. The molecule has 1 aromatic rings. The average Bonchev–Trinajstić information content (AvgIpc) is 2.13. The Balaban J connectivity index is 0.000000810. The summed E-state index contributed by atoms with van der Waals surface area (Å²) in [4.78, 5) is 10.0. The van der Waals surface area contributed by atoms with E-state index in [9.17, 15) is 9.90 Å². The molecule has 0 bridgehead atoms. The number of carboxylic acids is 1. The van der Waals surface area contributed by atoms with E-state index in [1.54, 1.807) is 0 Å². The number of carboxylic acid groups (broad SMARTS) is 1. The first kappa shape index (κ1) is 10.2. The molecule has 10 heavy (non-hydrogen) atoms. The number of carbonyl (C=O) groups is 1. The van der Waals surface area contributed by atoms with Crippen molar-refractivity contribution in [2.75, 3.05) is 0 Å². The van der Waals surface area contributed by atoms with Crippen molar-refractivity contribution < 1.29 is 61.3 Å². The van der Waals surface area contributed by atoms with Gasteiger partial charge in [0.25, 0.3) is 0 Å². The Hall–Kier alpha value is 0.176. The van der Waals surface area contributed by atoms with Crippen LogP contribution in [0.1, 0.15) is 10.6 Å². The maximum absolute atomic E-state index is 10.0. The molecule has 0 fully saturated rings. The molecule has 0 aliphatic carbocycles. The van der Waals surface area contributed by atoms with Gasteiger partial charge in [0.2, 0.25) is 0 Å². The van der Waals surface area contributed by atoms with Gasteiger partial charge in [0, 0.05) is 7.05 Å². The van der Waals surface area contributed by atoms with E-state index in [0.29, 0.717) is 0 Å². The largest absolute Gasteiger partial charge is 1.00 e. The van der Waals surface area contributed by atoms with Gasteiger partial charge in [0.1, 0.15) is 5.97 Å². The fourth-order valence-corrected chi connectivity index (χ4v) is 0.402. The van der Waals surface area contributed by atoms with Gasteiger partial charge in [-0.15, -0.1) is 5.10 Å². The van der Waals surface area contributed by atoms with Crippen LogP contribution in [0.4, 0.5) is 0 Å². The molecule has 0 aromatic carbocycles. The molecule has 0 radical (unpaired) electrons. The van der Waals surface area contributed by atoms with Crippen LogP contribution >= 0.6 is 0 Å². The van der Waals surface area contributed by atoms with Crippen molar-refractivity contribution in [3.8, 4) is 0 Å². The third-order valence-electron chi connectivity index (χ3n) is 0.803. The maximum Gasteiger partial charge on any atom is 1.00 e. The quantitative estimate of drug-likeness (QED) is 0.389. The minimum absolute atomic E-state index is 0. The van der Waals surface area contributed by atoms with Gasteiger partial charge in [0.05, 0.1) is 0 Å². The SMILES string of the molecule is Cn1nnnc1C(=O)[O-].[K+]. The molecule has 7 heteroatoms. The first-order chi connectivity index (χ1) is 4.22. The number of rotatable bonds is 1. The summed E-state index contributed by atoms with van der Waals surface area (Å²) in [5.41, 5.74) is 0. The number of aromatic carboxylic acids is 1. The summed E-state index contributed by atoms with van der Waals surface area (Å²) >= 11 is 0. The number of tetrazole rings is 1. The summed E-state index contributed by atoms with van der Waals surface area (Å²) in [5, 5.41) is 19.5. The van der Waals surface area contributed by atoms with Gasteiger partial charge in [-0.25, -0.2) is 4.68 Å². The Morgan fingerprint density at radius 3 is 2.50 bits per heavy atom. The molecule has 6 nitrogen and oxygen atoms in total. The van der Waals surface area contributed by atoms with Crippen molar-refractivity contribution in [3.63, 3.8) is 0 Å².